The summed E-state index contributed by atoms with van der Waals surface area (Å²) in [5.74, 6) is 0.830. The van der Waals surface area contributed by atoms with E-state index in [1.54, 1.807) is 12.1 Å². The summed E-state index contributed by atoms with van der Waals surface area (Å²) in [6, 6.07) is 11.2. The Kier molecular flexibility index (Phi) is 3.24. The minimum Gasteiger partial charge on any atom is -0.337 e. The van der Waals surface area contributed by atoms with Crippen LogP contribution in [0.25, 0.3) is 10.9 Å². The Labute approximate surface area is 149 Å². The summed E-state index contributed by atoms with van der Waals surface area (Å²) in [4.78, 5) is 8.67. The molecule has 1 saturated heterocycles. The topological polar surface area (TPSA) is 49.8 Å². The van der Waals surface area contributed by atoms with Gasteiger partial charge in [0, 0.05) is 17.3 Å². The average molecular weight is 355 g/mol. The molecule has 6 heteroatoms. The Morgan fingerprint density at radius 2 is 2.16 bits per heavy atom. The molecule has 4 nitrogen and oxygen atoms in total. The summed E-state index contributed by atoms with van der Waals surface area (Å²) in [6.07, 6.45) is 2.72. The van der Waals surface area contributed by atoms with Crippen LogP contribution in [0, 0.1) is 11.7 Å². The molecule has 0 amide bonds. The van der Waals surface area contributed by atoms with Crippen molar-refractivity contribution in [2.45, 2.75) is 11.8 Å². The molecule has 2 atom stereocenters. The van der Waals surface area contributed by atoms with Crippen LogP contribution < -0.4 is 10.6 Å². The van der Waals surface area contributed by atoms with Gasteiger partial charge in [-0.05, 0) is 48.7 Å². The van der Waals surface area contributed by atoms with Gasteiger partial charge in [-0.15, -0.1) is 0 Å². The maximum absolute atomic E-state index is 14.2. The number of hydrogen-bond acceptors (Lipinski definition) is 4. The van der Waals surface area contributed by atoms with Gasteiger partial charge in [-0.1, -0.05) is 23.7 Å². The van der Waals surface area contributed by atoms with Gasteiger partial charge < -0.3 is 10.6 Å². The molecule has 126 valence electrons. The number of rotatable bonds is 3. The zero-order chi connectivity index (χ0) is 17.0. The normalized spacial score (nSPS) is 24.3. The highest BCUT2D eigenvalue weighted by molar-refractivity contribution is 6.31. The third-order valence-electron chi connectivity index (χ3n) is 5.48. The molecule has 0 bridgehead atoms. The van der Waals surface area contributed by atoms with Gasteiger partial charge in [-0.25, -0.2) is 14.4 Å². The van der Waals surface area contributed by atoms with Crippen molar-refractivity contribution in [2.75, 3.05) is 18.4 Å². The third-order valence-corrected chi connectivity index (χ3v) is 5.77. The van der Waals surface area contributed by atoms with Crippen molar-refractivity contribution in [3.63, 3.8) is 0 Å². The molecule has 2 N–H and O–H groups in total. The molecule has 1 aliphatic carbocycles. The Morgan fingerprint density at radius 3 is 2.96 bits per heavy atom. The first kappa shape index (κ1) is 15.0. The summed E-state index contributed by atoms with van der Waals surface area (Å²) >= 11 is 5.88. The smallest absolute Gasteiger partial charge is 0.165 e. The van der Waals surface area contributed by atoms with Crippen molar-refractivity contribution >= 4 is 34.0 Å². The quantitative estimate of drug-likeness (QED) is 0.745. The molecule has 2 heterocycles. The van der Waals surface area contributed by atoms with E-state index in [1.807, 2.05) is 6.07 Å². The monoisotopic (exact) mass is 354 g/mol. The molecule has 2 aliphatic rings. The van der Waals surface area contributed by atoms with Gasteiger partial charge in [-0.3, -0.25) is 0 Å². The number of hydrogen-bond donors (Lipinski definition) is 2. The van der Waals surface area contributed by atoms with Crippen LogP contribution in [0.5, 0.6) is 0 Å². The number of piperidine rings is 1. The number of aromatic nitrogens is 2. The molecule has 0 spiro atoms. The van der Waals surface area contributed by atoms with Crippen LogP contribution in [-0.4, -0.2) is 23.1 Å². The molecule has 5 rings (SSSR count). The van der Waals surface area contributed by atoms with E-state index in [1.165, 1.54) is 24.4 Å². The maximum Gasteiger partial charge on any atom is 0.165 e. The molecule has 1 saturated carbocycles. The standard InChI is InChI=1S/C19H16ClFN4/c20-14-2-1-3-16(17(14)21)25-18-13-6-11(4-5-15(13)23-10-24-18)19-7-12(19)8-22-9-19/h1-6,10,12,22H,7-9H2,(H,23,24,25)/t12-,19+/m1/s1. The molecule has 1 aliphatic heterocycles. The average Bonchev–Trinajstić information content (AvgIpc) is 3.20. The minimum atomic E-state index is -0.479. The van der Waals surface area contributed by atoms with E-state index in [0.717, 1.165) is 29.9 Å². The highest BCUT2D eigenvalue weighted by atomic mass is 35.5. The second-order valence-corrected chi connectivity index (χ2v) is 7.28. The van der Waals surface area contributed by atoms with Crippen LogP contribution in [0.1, 0.15) is 12.0 Å². The van der Waals surface area contributed by atoms with Crippen LogP contribution in [0.15, 0.2) is 42.7 Å². The predicted molar refractivity (Wildman–Crippen MR) is 96.9 cm³/mol. The van der Waals surface area contributed by atoms with Crippen molar-refractivity contribution in [1.82, 2.24) is 15.3 Å². The minimum absolute atomic E-state index is 0.0841. The lowest BCUT2D eigenvalue weighted by atomic mass is 9.94. The van der Waals surface area contributed by atoms with E-state index in [2.05, 4.69) is 32.7 Å². The van der Waals surface area contributed by atoms with Crippen molar-refractivity contribution < 1.29 is 4.39 Å². The third kappa shape index (κ3) is 2.30. The lowest BCUT2D eigenvalue weighted by Gasteiger charge is -2.15. The van der Waals surface area contributed by atoms with Crippen LogP contribution in [0.3, 0.4) is 0 Å². The summed E-state index contributed by atoms with van der Waals surface area (Å²) in [5, 5.41) is 7.52. The van der Waals surface area contributed by atoms with Crippen LogP contribution in [0.2, 0.25) is 5.02 Å². The fraction of sp³-hybridized carbons (Fsp3) is 0.263. The van der Waals surface area contributed by atoms with Gasteiger partial charge in [0.2, 0.25) is 0 Å². The van der Waals surface area contributed by atoms with Crippen LogP contribution in [-0.2, 0) is 5.41 Å². The number of nitrogens with zero attached hydrogens (tertiary/aromatic N) is 2. The SMILES string of the molecule is Fc1c(Cl)cccc1Nc1ncnc2ccc([C@]34CNC[C@H]3C4)cc12. The Morgan fingerprint density at radius 1 is 1.24 bits per heavy atom. The van der Waals surface area contributed by atoms with Crippen molar-refractivity contribution in [3.8, 4) is 0 Å². The van der Waals surface area contributed by atoms with E-state index >= 15 is 0 Å². The Bertz CT molecular complexity index is 992. The van der Waals surface area contributed by atoms with Crippen LogP contribution in [0.4, 0.5) is 15.9 Å². The zero-order valence-electron chi connectivity index (χ0n) is 13.4. The highest BCUT2D eigenvalue weighted by Crippen LogP contribution is 2.56. The van der Waals surface area contributed by atoms with Gasteiger partial charge in [0.05, 0.1) is 16.2 Å². The Balaban J connectivity index is 1.59. The number of nitrogens with one attached hydrogen (secondary N) is 2. The first-order valence-electron chi connectivity index (χ1n) is 8.34. The first-order chi connectivity index (χ1) is 12.2. The zero-order valence-corrected chi connectivity index (χ0v) is 14.1. The lowest BCUT2D eigenvalue weighted by molar-refractivity contribution is 0.632. The predicted octanol–water partition coefficient (Wildman–Crippen LogP) is 4.03. The first-order valence-corrected chi connectivity index (χ1v) is 8.72. The molecule has 0 radical (unpaired) electrons. The number of benzene rings is 2. The summed E-state index contributed by atoms with van der Waals surface area (Å²) in [5.41, 5.74) is 2.70. The summed E-state index contributed by atoms with van der Waals surface area (Å²) < 4.78 is 14.2. The molecular weight excluding hydrogens is 339 g/mol. The van der Waals surface area contributed by atoms with E-state index in [0.29, 0.717) is 11.5 Å². The lowest BCUT2D eigenvalue weighted by Crippen LogP contribution is -2.19. The van der Waals surface area contributed by atoms with E-state index in [-0.39, 0.29) is 10.4 Å². The molecule has 1 aromatic heterocycles. The van der Waals surface area contributed by atoms with Gasteiger partial charge >= 0.3 is 0 Å². The number of anilines is 2. The van der Waals surface area contributed by atoms with Crippen molar-refractivity contribution in [1.29, 1.82) is 0 Å². The molecule has 3 aromatic rings. The fourth-order valence-corrected chi connectivity index (χ4v) is 4.16. The van der Waals surface area contributed by atoms with E-state index in [4.69, 9.17) is 11.6 Å². The van der Waals surface area contributed by atoms with Gasteiger partial charge in [0.15, 0.2) is 5.82 Å². The van der Waals surface area contributed by atoms with E-state index < -0.39 is 5.82 Å². The number of fused-ring (bicyclic) bond motifs is 2. The fourth-order valence-electron chi connectivity index (χ4n) is 3.98. The largest absolute Gasteiger partial charge is 0.337 e. The van der Waals surface area contributed by atoms with Gasteiger partial charge in [0.25, 0.3) is 0 Å². The molecule has 2 fully saturated rings. The maximum atomic E-state index is 14.2. The number of halogens is 2. The van der Waals surface area contributed by atoms with Gasteiger partial charge in [-0.2, -0.15) is 0 Å². The Hall–Kier alpha value is -2.24. The molecule has 2 aromatic carbocycles. The molecule has 25 heavy (non-hydrogen) atoms. The summed E-state index contributed by atoms with van der Waals surface area (Å²) in [6.45, 7) is 2.10. The van der Waals surface area contributed by atoms with Crippen molar-refractivity contribution in [3.05, 3.63) is 59.1 Å². The van der Waals surface area contributed by atoms with E-state index in [9.17, 15) is 4.39 Å². The van der Waals surface area contributed by atoms with Crippen molar-refractivity contribution in [2.24, 2.45) is 5.92 Å². The second-order valence-electron chi connectivity index (χ2n) is 6.87. The summed E-state index contributed by atoms with van der Waals surface area (Å²) in [7, 11) is 0. The second kappa shape index (κ2) is 5.38. The highest BCUT2D eigenvalue weighted by Gasteiger charge is 2.58. The van der Waals surface area contributed by atoms with Crippen LogP contribution >= 0.6 is 11.6 Å². The van der Waals surface area contributed by atoms with Gasteiger partial charge in [0.1, 0.15) is 12.1 Å². The molecule has 0 unspecified atom stereocenters. The molecular formula is C19H16ClFN4.